The molecule has 0 spiro atoms. The summed E-state index contributed by atoms with van der Waals surface area (Å²) >= 11 is -2.81. The number of nitrogens with zero attached hydrogens (tertiary/aromatic N) is 2. The molecule has 6 rings (SSSR count). The van der Waals surface area contributed by atoms with Crippen LogP contribution < -0.4 is 4.74 Å². The molecule has 402 valence electrons. The summed E-state index contributed by atoms with van der Waals surface area (Å²) < 4.78 is 44.3. The van der Waals surface area contributed by atoms with Crippen molar-refractivity contribution in [2.75, 3.05) is 40.0 Å². The van der Waals surface area contributed by atoms with Crippen LogP contribution >= 0.6 is 0 Å². The van der Waals surface area contributed by atoms with Gasteiger partial charge in [0.15, 0.2) is 0 Å². The van der Waals surface area contributed by atoms with Crippen LogP contribution in [0.15, 0.2) is 34.4 Å². The van der Waals surface area contributed by atoms with Gasteiger partial charge in [0, 0.05) is 0 Å². The molecule has 7 nitrogen and oxygen atoms in total. The van der Waals surface area contributed by atoms with E-state index in [0.29, 0.717) is 24.5 Å². The summed E-state index contributed by atoms with van der Waals surface area (Å²) in [4.78, 5) is 6.16. The number of hydrogen-bond acceptors (Lipinski definition) is 7. The van der Waals surface area contributed by atoms with Crippen molar-refractivity contribution in [1.29, 1.82) is 0 Å². The molecule has 0 aromatic heterocycles. The quantitative estimate of drug-likeness (QED) is 0.0562. The van der Waals surface area contributed by atoms with Gasteiger partial charge in [-0.05, 0) is 18.1 Å². The van der Waals surface area contributed by atoms with Gasteiger partial charge in [-0.1, -0.05) is 20.8 Å². The first-order valence-electron chi connectivity index (χ1n) is 30.5. The average Bonchev–Trinajstić information content (AvgIpc) is 3.60. The summed E-state index contributed by atoms with van der Waals surface area (Å²) in [5.74, 6) is 2.11. The predicted molar refractivity (Wildman–Crippen MR) is 305 cm³/mol. The maximum atomic E-state index is 8.32. The third-order valence-electron chi connectivity index (χ3n) is 20.0. The van der Waals surface area contributed by atoms with Crippen molar-refractivity contribution in [3.63, 3.8) is 0 Å². The normalized spacial score (nSPS) is 28.0. The van der Waals surface area contributed by atoms with E-state index in [0.717, 1.165) is 56.5 Å². The van der Waals surface area contributed by atoms with Gasteiger partial charge in [-0.25, -0.2) is 0 Å². The van der Waals surface area contributed by atoms with E-state index in [9.17, 15) is 0 Å². The molecule has 1 aromatic rings. The zero-order valence-electron chi connectivity index (χ0n) is 47.4. The van der Waals surface area contributed by atoms with Gasteiger partial charge in [-0.3, -0.25) is 0 Å². The van der Waals surface area contributed by atoms with Crippen LogP contribution in [0.5, 0.6) is 5.75 Å². The van der Waals surface area contributed by atoms with E-state index in [-0.39, 0.29) is 29.4 Å². The van der Waals surface area contributed by atoms with Crippen molar-refractivity contribution in [1.82, 2.24) is 9.80 Å². The van der Waals surface area contributed by atoms with Gasteiger partial charge in [-0.15, -0.1) is 0 Å². The first-order valence-corrected chi connectivity index (χ1v) is 43.2. The van der Waals surface area contributed by atoms with Crippen molar-refractivity contribution >= 4 is 35.0 Å². The molecule has 1 aromatic carbocycles. The van der Waals surface area contributed by atoms with Gasteiger partial charge in [0.25, 0.3) is 0 Å². The number of rotatable bonds is 30. The summed E-state index contributed by atoms with van der Waals surface area (Å²) in [7, 11) is -2.07. The third kappa shape index (κ3) is 13.6. The van der Waals surface area contributed by atoms with Gasteiger partial charge < -0.3 is 0 Å². The monoisotopic (exact) mass is 1110 g/mol. The summed E-state index contributed by atoms with van der Waals surface area (Å²) in [5, 5.41) is 0. The molecule has 4 saturated heterocycles. The molecule has 0 N–H and O–H groups in total. The second-order valence-electron chi connectivity index (χ2n) is 23.7. The SMILES string of the molecule is CCC[CH2][Sn](/[CH]=C/[C@H](O[Si](CC)(CC)CC)[C@@H](OCc1ccc(OC)cc1)[C@@]12[C@@H]3CCN4CCCCCCCCCC[C@]5(CO[C@@H](CCCO[Si](CC)(CC)CC)N1C[C@@H]3C5)[C@H]42)([CH2]CCC)[CH2]CCC. The van der Waals surface area contributed by atoms with Crippen LogP contribution in [-0.4, -0.2) is 115 Å². The van der Waals surface area contributed by atoms with Crippen molar-refractivity contribution in [2.45, 2.75) is 271 Å². The Morgan fingerprint density at radius 2 is 1.34 bits per heavy atom. The van der Waals surface area contributed by atoms with Gasteiger partial charge in [0.2, 0.25) is 0 Å². The minimum atomic E-state index is -2.81. The molecule has 0 radical (unpaired) electrons. The standard InChI is InChI=1S/C48H83N2O5Si2.3C4H9.Sn/c1-9-43(55-57(13-5,14-6)15-7)45(52-37-39-26-28-41(51-8)29-27-39)48-42-30-33-49-32-23-21-19-17-16-18-20-22-31-47(46(48)49)35-40(42)36-50(48)44(53-38-47)25-24-34-54-56(10-2,11-3)12-4;3*1-3-4-2;/h1,9,26-29,40,42-46H,10-25,30-38H2,2-8H3;3*1,3-4H2,2H3;/t40-,42+,43-,44-,45+,46-,47-,48+;;;;/m0..../s1. The van der Waals surface area contributed by atoms with Crippen LogP contribution in [0, 0.1) is 17.3 Å². The Morgan fingerprint density at radius 1 is 0.743 bits per heavy atom. The second-order valence-corrected chi connectivity index (χ2v) is 46.2. The van der Waals surface area contributed by atoms with Gasteiger partial charge in [-0.2, -0.15) is 0 Å². The number of unbranched alkanes of at least 4 members (excludes halogenated alkanes) is 3. The van der Waals surface area contributed by atoms with Crippen LogP contribution in [0.1, 0.15) is 190 Å². The van der Waals surface area contributed by atoms with E-state index in [4.69, 9.17) is 23.1 Å². The zero-order valence-corrected chi connectivity index (χ0v) is 52.3. The fourth-order valence-electron chi connectivity index (χ4n) is 15.4. The number of methoxy groups -OCH3 is 1. The summed E-state index contributed by atoms with van der Waals surface area (Å²) in [6.07, 6.45) is 27.4. The van der Waals surface area contributed by atoms with Crippen molar-refractivity contribution < 1.29 is 23.1 Å². The van der Waals surface area contributed by atoms with E-state index in [1.54, 1.807) is 7.11 Å². The molecule has 8 atom stereocenters. The average molecular weight is 1110 g/mol. The third-order valence-corrected chi connectivity index (χ3v) is 43.4. The number of hydrogen-bond donors (Lipinski definition) is 0. The van der Waals surface area contributed by atoms with E-state index in [1.165, 1.54) is 159 Å². The van der Waals surface area contributed by atoms with Crippen molar-refractivity contribution in [3.8, 4) is 5.75 Å². The van der Waals surface area contributed by atoms with Crippen molar-refractivity contribution in [3.05, 3.63) is 40.0 Å². The molecular weight excluding hydrogens is 1000 g/mol. The molecule has 5 aliphatic rings. The maximum absolute atomic E-state index is 8.32. The van der Waals surface area contributed by atoms with E-state index in [2.05, 4.69) is 107 Å². The Balaban J connectivity index is 1.59. The number of ether oxygens (including phenoxy) is 3. The summed E-state index contributed by atoms with van der Waals surface area (Å²) in [5.41, 5.74) is 1.08. The van der Waals surface area contributed by atoms with Gasteiger partial charge in [0.05, 0.1) is 0 Å². The Morgan fingerprint density at radius 3 is 1.93 bits per heavy atom. The molecule has 1 aliphatic carbocycles. The Labute approximate surface area is 438 Å². The Kier molecular flexibility index (Phi) is 24.2. The number of benzene rings is 1. The molecular formula is C60H110N2O5Si2Sn. The summed E-state index contributed by atoms with van der Waals surface area (Å²) in [6.45, 7) is 27.7. The second kappa shape index (κ2) is 28.8. The molecule has 10 heteroatoms. The fourth-order valence-corrected chi connectivity index (χ4v) is 35.2. The van der Waals surface area contributed by atoms with Crippen LogP contribution in [0.3, 0.4) is 0 Å². The number of piperidine rings is 1. The van der Waals surface area contributed by atoms with E-state index >= 15 is 0 Å². The molecule has 70 heavy (non-hydrogen) atoms. The van der Waals surface area contributed by atoms with Gasteiger partial charge in [0.1, 0.15) is 0 Å². The van der Waals surface area contributed by atoms with Crippen molar-refractivity contribution in [2.24, 2.45) is 17.3 Å². The predicted octanol–water partition coefficient (Wildman–Crippen LogP) is 16.3. The Hall–Kier alpha value is -0.248. The van der Waals surface area contributed by atoms with Crippen LogP contribution in [0.25, 0.3) is 0 Å². The minimum absolute atomic E-state index is 0.0553. The molecule has 0 amide bonds. The fraction of sp³-hybridized carbons (Fsp3) is 0.867. The molecule has 5 bridgehead atoms. The van der Waals surface area contributed by atoms with Crippen LogP contribution in [0.2, 0.25) is 49.6 Å². The molecule has 4 aliphatic heterocycles. The molecule has 0 unspecified atom stereocenters. The van der Waals surface area contributed by atoms with E-state index in [1.807, 2.05) is 0 Å². The molecule has 5 fully saturated rings. The molecule has 4 heterocycles. The zero-order chi connectivity index (χ0) is 50.1. The first-order chi connectivity index (χ1) is 34.1. The topological polar surface area (TPSA) is 52.6 Å². The van der Waals surface area contributed by atoms with Crippen LogP contribution in [-0.2, 0) is 24.9 Å². The first kappa shape index (κ1) is 59.0. The van der Waals surface area contributed by atoms with Gasteiger partial charge >= 0.3 is 402 Å². The Bertz CT molecular complexity index is 1620. The molecule has 1 saturated carbocycles. The summed E-state index contributed by atoms with van der Waals surface area (Å²) in [6, 6.07) is 16.2. The van der Waals surface area contributed by atoms with Crippen LogP contribution in [0.4, 0.5) is 0 Å². The van der Waals surface area contributed by atoms with E-state index < -0.39 is 35.0 Å².